The summed E-state index contributed by atoms with van der Waals surface area (Å²) in [5.74, 6) is 0. The summed E-state index contributed by atoms with van der Waals surface area (Å²) in [6.07, 6.45) is 4.80. The maximum Gasteiger partial charge on any atom is 0.243 e. The van der Waals surface area contributed by atoms with E-state index in [4.69, 9.17) is 0 Å². The number of nitrogens with zero attached hydrogens (tertiary/aromatic N) is 1. The lowest BCUT2D eigenvalue weighted by Gasteiger charge is -2.22. The van der Waals surface area contributed by atoms with Crippen molar-refractivity contribution in [2.75, 3.05) is 25.0 Å². The number of fused-ring (bicyclic) bond motifs is 1. The van der Waals surface area contributed by atoms with E-state index in [2.05, 4.69) is 19.2 Å². The molecule has 1 aliphatic rings. The second kappa shape index (κ2) is 7.27. The van der Waals surface area contributed by atoms with Crippen molar-refractivity contribution in [3.63, 3.8) is 0 Å². The molecule has 1 heterocycles. The van der Waals surface area contributed by atoms with E-state index in [1.54, 1.807) is 16.4 Å². The molecule has 0 unspecified atom stereocenters. The number of rotatable bonds is 8. The Morgan fingerprint density at radius 2 is 1.81 bits per heavy atom. The van der Waals surface area contributed by atoms with Gasteiger partial charge >= 0.3 is 0 Å². The van der Waals surface area contributed by atoms with Crippen molar-refractivity contribution in [2.24, 2.45) is 0 Å². The van der Waals surface area contributed by atoms with Crippen molar-refractivity contribution < 1.29 is 8.42 Å². The van der Waals surface area contributed by atoms with Gasteiger partial charge in [-0.25, -0.2) is 8.42 Å². The van der Waals surface area contributed by atoms with Gasteiger partial charge in [0.05, 0.1) is 4.90 Å². The molecule has 0 spiro atoms. The van der Waals surface area contributed by atoms with Crippen LogP contribution in [-0.4, -0.2) is 32.4 Å². The van der Waals surface area contributed by atoms with Crippen molar-refractivity contribution in [2.45, 2.75) is 50.8 Å². The largest absolute Gasteiger partial charge is 0.384 e. The highest BCUT2D eigenvalue weighted by molar-refractivity contribution is 7.89. The Hall–Kier alpha value is -1.07. The number of benzene rings is 1. The molecule has 2 rings (SSSR count). The van der Waals surface area contributed by atoms with Crippen LogP contribution in [0.15, 0.2) is 23.1 Å². The maximum absolute atomic E-state index is 12.8. The van der Waals surface area contributed by atoms with Crippen LogP contribution in [0.2, 0.25) is 0 Å². The molecule has 21 heavy (non-hydrogen) atoms. The molecule has 0 bridgehead atoms. The number of hydrogen-bond acceptors (Lipinski definition) is 3. The van der Waals surface area contributed by atoms with E-state index in [0.717, 1.165) is 44.3 Å². The van der Waals surface area contributed by atoms with Crippen LogP contribution in [0.4, 0.5) is 5.69 Å². The molecular formula is C16H26N2O2S. The van der Waals surface area contributed by atoms with Crippen LogP contribution < -0.4 is 5.32 Å². The standard InChI is InChI=1S/C16H26N2O2S/c1-3-5-11-18(12-6-4-2)21(19,20)15-8-7-14-9-10-17-16(14)13-15/h7-8,13,17H,3-6,9-12H2,1-2H3. The van der Waals surface area contributed by atoms with Gasteiger partial charge in [0.15, 0.2) is 0 Å². The van der Waals surface area contributed by atoms with Crippen molar-refractivity contribution in [3.8, 4) is 0 Å². The minimum Gasteiger partial charge on any atom is -0.384 e. The molecule has 1 N–H and O–H groups in total. The summed E-state index contributed by atoms with van der Waals surface area (Å²) in [6, 6.07) is 5.49. The van der Waals surface area contributed by atoms with Gasteiger partial charge < -0.3 is 5.32 Å². The first kappa shape index (κ1) is 16.3. The van der Waals surface area contributed by atoms with Gasteiger partial charge in [0, 0.05) is 25.3 Å². The minimum atomic E-state index is -3.37. The van der Waals surface area contributed by atoms with Gasteiger partial charge in [-0.3, -0.25) is 0 Å². The predicted octanol–water partition coefficient (Wildman–Crippen LogP) is 3.25. The van der Waals surface area contributed by atoms with E-state index in [9.17, 15) is 8.42 Å². The topological polar surface area (TPSA) is 49.4 Å². The molecular weight excluding hydrogens is 284 g/mol. The molecule has 0 saturated heterocycles. The Labute approximate surface area is 128 Å². The summed E-state index contributed by atoms with van der Waals surface area (Å²) in [7, 11) is -3.37. The molecule has 0 aliphatic carbocycles. The number of sulfonamides is 1. The molecule has 5 heteroatoms. The van der Waals surface area contributed by atoms with Gasteiger partial charge in [-0.15, -0.1) is 0 Å². The van der Waals surface area contributed by atoms with Gasteiger partial charge in [-0.05, 0) is 37.0 Å². The van der Waals surface area contributed by atoms with Crippen molar-refractivity contribution >= 4 is 15.7 Å². The minimum absolute atomic E-state index is 0.419. The molecule has 4 nitrogen and oxygen atoms in total. The molecule has 118 valence electrons. The normalized spacial score (nSPS) is 14.2. The second-order valence-corrected chi connectivity index (χ2v) is 7.54. The number of anilines is 1. The summed E-state index contributed by atoms with van der Waals surface area (Å²) < 4.78 is 27.3. The molecule has 0 fully saturated rings. The van der Waals surface area contributed by atoms with E-state index in [1.807, 2.05) is 6.07 Å². The predicted molar refractivity (Wildman–Crippen MR) is 87.2 cm³/mol. The van der Waals surface area contributed by atoms with E-state index < -0.39 is 10.0 Å². The van der Waals surface area contributed by atoms with E-state index >= 15 is 0 Å². The SMILES string of the molecule is CCCCN(CCCC)S(=O)(=O)c1ccc2c(c1)NCC2. The highest BCUT2D eigenvalue weighted by Crippen LogP contribution is 2.27. The first-order valence-electron chi connectivity index (χ1n) is 7.96. The highest BCUT2D eigenvalue weighted by Gasteiger charge is 2.25. The molecule has 1 aliphatic heterocycles. The van der Waals surface area contributed by atoms with Crippen molar-refractivity contribution in [3.05, 3.63) is 23.8 Å². The van der Waals surface area contributed by atoms with Gasteiger partial charge in [-0.1, -0.05) is 32.8 Å². The zero-order valence-electron chi connectivity index (χ0n) is 13.1. The van der Waals surface area contributed by atoms with Crippen LogP contribution in [0.3, 0.4) is 0 Å². The van der Waals surface area contributed by atoms with Gasteiger partial charge in [-0.2, -0.15) is 4.31 Å². The molecule has 1 aromatic rings. The third kappa shape index (κ3) is 3.77. The molecule has 0 aromatic heterocycles. The Kier molecular flexibility index (Phi) is 5.65. The summed E-state index contributed by atoms with van der Waals surface area (Å²) >= 11 is 0. The van der Waals surface area contributed by atoms with Crippen LogP contribution in [0.1, 0.15) is 45.1 Å². The van der Waals surface area contributed by atoms with Crippen LogP contribution in [-0.2, 0) is 16.4 Å². The highest BCUT2D eigenvalue weighted by atomic mass is 32.2. The Bertz CT molecular complexity index is 562. The third-order valence-corrected chi connectivity index (χ3v) is 5.85. The lowest BCUT2D eigenvalue weighted by Crippen LogP contribution is -2.33. The van der Waals surface area contributed by atoms with E-state index in [0.29, 0.717) is 18.0 Å². The van der Waals surface area contributed by atoms with Crippen molar-refractivity contribution in [1.29, 1.82) is 0 Å². The first-order chi connectivity index (χ1) is 10.1. The fourth-order valence-electron chi connectivity index (χ4n) is 2.60. The van der Waals surface area contributed by atoms with Crippen molar-refractivity contribution in [1.82, 2.24) is 4.31 Å². The number of nitrogens with one attached hydrogen (secondary N) is 1. The molecule has 1 aromatic carbocycles. The average Bonchev–Trinajstić information content (AvgIpc) is 2.94. The van der Waals surface area contributed by atoms with Crippen LogP contribution in [0.25, 0.3) is 0 Å². The quantitative estimate of drug-likeness (QED) is 0.802. The summed E-state index contributed by atoms with van der Waals surface area (Å²) in [5.41, 5.74) is 2.18. The summed E-state index contributed by atoms with van der Waals surface area (Å²) in [6.45, 7) is 6.30. The van der Waals surface area contributed by atoms with Gasteiger partial charge in [0.1, 0.15) is 0 Å². The maximum atomic E-state index is 12.8. The summed E-state index contributed by atoms with van der Waals surface area (Å²) in [4.78, 5) is 0.419. The van der Waals surface area contributed by atoms with Gasteiger partial charge in [0.25, 0.3) is 0 Å². The number of hydrogen-bond donors (Lipinski definition) is 1. The lowest BCUT2D eigenvalue weighted by atomic mass is 10.2. The monoisotopic (exact) mass is 310 g/mol. The average molecular weight is 310 g/mol. The van der Waals surface area contributed by atoms with Crippen LogP contribution >= 0.6 is 0 Å². The smallest absolute Gasteiger partial charge is 0.243 e. The number of unbranched alkanes of at least 4 members (excludes halogenated alkanes) is 2. The Balaban J connectivity index is 2.24. The second-order valence-electron chi connectivity index (χ2n) is 5.61. The third-order valence-electron chi connectivity index (χ3n) is 3.95. The summed E-state index contributed by atoms with van der Waals surface area (Å²) in [5, 5.41) is 3.25. The van der Waals surface area contributed by atoms with Crippen LogP contribution in [0, 0.1) is 0 Å². The van der Waals surface area contributed by atoms with Gasteiger partial charge in [0.2, 0.25) is 10.0 Å². The lowest BCUT2D eigenvalue weighted by molar-refractivity contribution is 0.395. The molecule has 0 radical (unpaired) electrons. The van der Waals surface area contributed by atoms with E-state index in [-0.39, 0.29) is 0 Å². The molecule has 0 amide bonds. The zero-order chi connectivity index (χ0) is 15.3. The van der Waals surface area contributed by atoms with Crippen LogP contribution in [0.5, 0.6) is 0 Å². The fraction of sp³-hybridized carbons (Fsp3) is 0.625. The Morgan fingerprint density at radius 1 is 1.14 bits per heavy atom. The molecule has 0 saturated carbocycles. The van der Waals surface area contributed by atoms with E-state index in [1.165, 1.54) is 5.56 Å². The fourth-order valence-corrected chi connectivity index (χ4v) is 4.14. The Morgan fingerprint density at radius 3 is 2.43 bits per heavy atom. The molecule has 0 atom stereocenters. The zero-order valence-corrected chi connectivity index (χ0v) is 13.9. The first-order valence-corrected chi connectivity index (χ1v) is 9.40.